The minimum absolute atomic E-state index is 0.188. The van der Waals surface area contributed by atoms with Crippen molar-refractivity contribution in [3.05, 3.63) is 90.8 Å². The molecule has 0 atom stereocenters. The van der Waals surface area contributed by atoms with Crippen LogP contribution >= 0.6 is 0 Å². The number of aromatic nitrogens is 5. The van der Waals surface area contributed by atoms with Crippen molar-refractivity contribution in [2.75, 3.05) is 12.4 Å². The van der Waals surface area contributed by atoms with Crippen LogP contribution in [0.25, 0.3) is 28.3 Å². The highest BCUT2D eigenvalue weighted by Crippen LogP contribution is 2.23. The van der Waals surface area contributed by atoms with Gasteiger partial charge in [0, 0.05) is 34.8 Å². The zero-order chi connectivity index (χ0) is 21.9. The van der Waals surface area contributed by atoms with E-state index in [0.717, 1.165) is 16.8 Å². The molecule has 0 saturated heterocycles. The van der Waals surface area contributed by atoms with Crippen LogP contribution in [0.4, 0.5) is 5.69 Å². The molecule has 3 heterocycles. The number of carbonyl (C=O) groups is 1. The quantitative estimate of drug-likeness (QED) is 0.458. The van der Waals surface area contributed by atoms with Crippen molar-refractivity contribution in [1.29, 1.82) is 0 Å². The molecule has 0 aliphatic rings. The van der Waals surface area contributed by atoms with Gasteiger partial charge in [0.05, 0.1) is 12.8 Å². The summed E-state index contributed by atoms with van der Waals surface area (Å²) in [5.41, 5.74) is 4.46. The lowest BCUT2D eigenvalue weighted by atomic mass is 10.1. The summed E-state index contributed by atoms with van der Waals surface area (Å²) >= 11 is 0. The first kappa shape index (κ1) is 19.4. The van der Waals surface area contributed by atoms with Crippen LogP contribution in [0.15, 0.2) is 85.2 Å². The molecule has 0 aliphatic heterocycles. The fourth-order valence-corrected chi connectivity index (χ4v) is 3.29. The molecule has 5 rings (SSSR count). The van der Waals surface area contributed by atoms with Crippen LogP contribution < -0.4 is 10.1 Å². The highest BCUT2D eigenvalue weighted by molar-refractivity contribution is 6.04. The lowest BCUT2D eigenvalue weighted by Crippen LogP contribution is -2.11. The van der Waals surface area contributed by atoms with Gasteiger partial charge >= 0.3 is 0 Å². The molecule has 0 spiro atoms. The molecule has 32 heavy (non-hydrogen) atoms. The largest absolute Gasteiger partial charge is 0.497 e. The third kappa shape index (κ3) is 3.77. The number of nitrogens with zero attached hydrogens (tertiary/aromatic N) is 5. The number of carbonyl (C=O) groups excluding carboxylic acids is 1. The summed E-state index contributed by atoms with van der Waals surface area (Å²) in [7, 11) is 1.59. The fraction of sp³-hybridized carbons (Fsp3) is 0.0417. The second-order valence-corrected chi connectivity index (χ2v) is 7.01. The molecule has 156 valence electrons. The van der Waals surface area contributed by atoms with E-state index in [0.29, 0.717) is 28.5 Å². The van der Waals surface area contributed by atoms with E-state index in [4.69, 9.17) is 9.84 Å². The number of amides is 1. The van der Waals surface area contributed by atoms with Gasteiger partial charge in [-0.2, -0.15) is 9.61 Å². The Balaban J connectivity index is 1.38. The molecule has 1 N–H and O–H groups in total. The summed E-state index contributed by atoms with van der Waals surface area (Å²) in [5, 5.41) is 16.1. The SMILES string of the molecule is COc1ccc(C(=O)Nc2ccc(-c3ccc4nnc(-c5ccncc5)n4n3)cc2)cc1. The average Bonchev–Trinajstić information content (AvgIpc) is 3.28. The normalized spacial score (nSPS) is 10.8. The van der Waals surface area contributed by atoms with Gasteiger partial charge in [-0.15, -0.1) is 10.2 Å². The van der Waals surface area contributed by atoms with Crippen LogP contribution in [0.3, 0.4) is 0 Å². The molecule has 0 aliphatic carbocycles. The predicted molar refractivity (Wildman–Crippen MR) is 120 cm³/mol. The predicted octanol–water partition coefficient (Wildman–Crippen LogP) is 4.11. The Morgan fingerprint density at radius 2 is 1.59 bits per heavy atom. The monoisotopic (exact) mass is 422 g/mol. The summed E-state index contributed by atoms with van der Waals surface area (Å²) in [6.45, 7) is 0. The molecule has 5 aromatic rings. The fourth-order valence-electron chi connectivity index (χ4n) is 3.29. The minimum atomic E-state index is -0.188. The number of hydrogen-bond donors (Lipinski definition) is 1. The molecule has 8 nitrogen and oxygen atoms in total. The first-order valence-corrected chi connectivity index (χ1v) is 9.90. The number of benzene rings is 2. The first-order valence-electron chi connectivity index (χ1n) is 9.90. The van der Waals surface area contributed by atoms with Crippen LogP contribution in [0, 0.1) is 0 Å². The van der Waals surface area contributed by atoms with Gasteiger partial charge in [-0.25, -0.2) is 0 Å². The molecular formula is C24H18N6O2. The van der Waals surface area contributed by atoms with E-state index in [2.05, 4.69) is 20.5 Å². The number of ether oxygens (including phenoxy) is 1. The molecule has 8 heteroatoms. The first-order chi connectivity index (χ1) is 15.7. The highest BCUT2D eigenvalue weighted by atomic mass is 16.5. The van der Waals surface area contributed by atoms with Crippen molar-refractivity contribution in [1.82, 2.24) is 24.8 Å². The van der Waals surface area contributed by atoms with Crippen molar-refractivity contribution in [3.8, 4) is 28.4 Å². The van der Waals surface area contributed by atoms with E-state index < -0.39 is 0 Å². The Bertz CT molecular complexity index is 1380. The van der Waals surface area contributed by atoms with Crippen LogP contribution in [0.1, 0.15) is 10.4 Å². The summed E-state index contributed by atoms with van der Waals surface area (Å²) in [5.74, 6) is 1.16. The third-order valence-electron chi connectivity index (χ3n) is 4.99. The number of methoxy groups -OCH3 is 1. The van der Waals surface area contributed by atoms with Crippen molar-refractivity contribution >= 4 is 17.2 Å². The number of pyridine rings is 1. The second-order valence-electron chi connectivity index (χ2n) is 7.01. The number of nitrogens with one attached hydrogen (secondary N) is 1. The van der Waals surface area contributed by atoms with E-state index in [1.54, 1.807) is 48.3 Å². The van der Waals surface area contributed by atoms with Crippen LogP contribution in [0.2, 0.25) is 0 Å². The van der Waals surface area contributed by atoms with Gasteiger partial charge in [0.1, 0.15) is 5.75 Å². The zero-order valence-electron chi connectivity index (χ0n) is 17.1. The van der Waals surface area contributed by atoms with Crippen LogP contribution in [0.5, 0.6) is 5.75 Å². The molecule has 0 fully saturated rings. The standard InChI is InChI=1S/C24H18N6O2/c1-32-20-8-4-18(5-9-20)24(31)26-19-6-2-16(3-7-19)21-10-11-22-27-28-23(30(22)29-21)17-12-14-25-15-13-17/h2-15H,1H3,(H,26,31). The van der Waals surface area contributed by atoms with E-state index >= 15 is 0 Å². The maximum atomic E-state index is 12.5. The van der Waals surface area contributed by atoms with Crippen LogP contribution in [-0.4, -0.2) is 37.8 Å². The lowest BCUT2D eigenvalue weighted by Gasteiger charge is -2.08. The van der Waals surface area contributed by atoms with E-state index in [1.165, 1.54) is 0 Å². The van der Waals surface area contributed by atoms with E-state index in [1.807, 2.05) is 48.5 Å². The molecule has 2 aromatic carbocycles. The second kappa shape index (κ2) is 8.27. The van der Waals surface area contributed by atoms with Gasteiger partial charge in [-0.1, -0.05) is 12.1 Å². The van der Waals surface area contributed by atoms with Crippen molar-refractivity contribution in [2.45, 2.75) is 0 Å². The molecule has 0 radical (unpaired) electrons. The van der Waals surface area contributed by atoms with Gasteiger partial charge < -0.3 is 10.1 Å². The van der Waals surface area contributed by atoms with E-state index in [-0.39, 0.29) is 5.91 Å². The Kier molecular flexibility index (Phi) is 5.01. The highest BCUT2D eigenvalue weighted by Gasteiger charge is 2.11. The molecule has 0 saturated carbocycles. The maximum absolute atomic E-state index is 12.5. The van der Waals surface area contributed by atoms with Gasteiger partial charge in [0.2, 0.25) is 0 Å². The number of hydrogen-bond acceptors (Lipinski definition) is 6. The topological polar surface area (TPSA) is 94.3 Å². The molecular weight excluding hydrogens is 404 g/mol. The zero-order valence-corrected chi connectivity index (χ0v) is 17.1. The average molecular weight is 422 g/mol. The van der Waals surface area contributed by atoms with E-state index in [9.17, 15) is 4.79 Å². The number of fused-ring (bicyclic) bond motifs is 1. The summed E-state index contributed by atoms with van der Waals surface area (Å²) in [6.07, 6.45) is 3.42. The van der Waals surface area contributed by atoms with Crippen molar-refractivity contribution in [3.63, 3.8) is 0 Å². The molecule has 0 unspecified atom stereocenters. The maximum Gasteiger partial charge on any atom is 0.255 e. The molecule has 3 aromatic heterocycles. The van der Waals surface area contributed by atoms with Gasteiger partial charge in [0.25, 0.3) is 5.91 Å². The van der Waals surface area contributed by atoms with Crippen LogP contribution in [-0.2, 0) is 0 Å². The Morgan fingerprint density at radius 3 is 2.31 bits per heavy atom. The smallest absolute Gasteiger partial charge is 0.255 e. The molecule has 1 amide bonds. The number of anilines is 1. The Labute approximate surface area is 183 Å². The van der Waals surface area contributed by atoms with Gasteiger partial charge in [-0.3, -0.25) is 9.78 Å². The summed E-state index contributed by atoms with van der Waals surface area (Å²) in [6, 6.07) is 22.0. The van der Waals surface area contributed by atoms with Crippen molar-refractivity contribution < 1.29 is 9.53 Å². The van der Waals surface area contributed by atoms with Crippen molar-refractivity contribution in [2.24, 2.45) is 0 Å². The number of rotatable bonds is 5. The lowest BCUT2D eigenvalue weighted by molar-refractivity contribution is 0.102. The minimum Gasteiger partial charge on any atom is -0.497 e. The van der Waals surface area contributed by atoms with Gasteiger partial charge in [0.15, 0.2) is 11.5 Å². The summed E-state index contributed by atoms with van der Waals surface area (Å²) in [4.78, 5) is 16.5. The molecule has 0 bridgehead atoms. The Morgan fingerprint density at radius 1 is 0.844 bits per heavy atom. The third-order valence-corrected chi connectivity index (χ3v) is 4.99. The summed E-state index contributed by atoms with van der Waals surface area (Å²) < 4.78 is 6.84. The Hall–Kier alpha value is -4.59. The van der Waals surface area contributed by atoms with Gasteiger partial charge in [-0.05, 0) is 60.7 Å².